The lowest BCUT2D eigenvalue weighted by Gasteiger charge is -2.21. The summed E-state index contributed by atoms with van der Waals surface area (Å²) in [6.45, 7) is 2.91. The third-order valence-corrected chi connectivity index (χ3v) is 3.89. The molecule has 106 valence electrons. The first kappa shape index (κ1) is 13.2. The van der Waals surface area contributed by atoms with Crippen LogP contribution in [0.15, 0.2) is 12.1 Å². The van der Waals surface area contributed by atoms with E-state index in [4.69, 9.17) is 4.74 Å². The summed E-state index contributed by atoms with van der Waals surface area (Å²) in [4.78, 5) is 4.66. The number of hydrogen-bond acceptors (Lipinski definition) is 3. The fourth-order valence-corrected chi connectivity index (χ4v) is 2.96. The maximum atomic E-state index is 13.9. The first-order valence-corrected chi connectivity index (χ1v) is 7.17. The number of halogens is 1. The molecule has 1 aliphatic rings. The lowest BCUT2D eigenvalue weighted by molar-refractivity contribution is 0.387. The van der Waals surface area contributed by atoms with Crippen molar-refractivity contribution < 1.29 is 9.13 Å². The Labute approximate surface area is 118 Å². The molecule has 3 rings (SSSR count). The number of hydrogen-bond donors (Lipinski definition) is 1. The van der Waals surface area contributed by atoms with Crippen molar-refractivity contribution in [1.29, 1.82) is 0 Å². The Hall–Kier alpha value is -1.84. The highest BCUT2D eigenvalue weighted by Crippen LogP contribution is 2.35. The first-order chi connectivity index (χ1) is 9.74. The van der Waals surface area contributed by atoms with Crippen LogP contribution in [0.2, 0.25) is 0 Å². The van der Waals surface area contributed by atoms with Crippen molar-refractivity contribution >= 4 is 16.6 Å². The van der Waals surface area contributed by atoms with Crippen LogP contribution >= 0.6 is 0 Å². The Morgan fingerprint density at radius 2 is 2.10 bits per heavy atom. The predicted octanol–water partition coefficient (Wildman–Crippen LogP) is 3.69. The molecule has 0 radical (unpaired) electrons. The molecule has 1 N–H and O–H groups in total. The molecule has 0 atom stereocenters. The summed E-state index contributed by atoms with van der Waals surface area (Å²) in [6, 6.07) is 3.23. The standard InChI is InChI=1S/C16H19FN2O/c1-3-18-16-10-6-4-5-7-13(10)19-14-9-12(17)15(20-2)8-11(14)16/h8-9H,3-7H2,1-2H3,(H,18,19). The normalized spacial score (nSPS) is 14.2. The van der Waals surface area contributed by atoms with E-state index in [1.165, 1.54) is 25.2 Å². The van der Waals surface area contributed by atoms with Gasteiger partial charge in [-0.3, -0.25) is 4.98 Å². The van der Waals surface area contributed by atoms with Crippen molar-refractivity contribution in [2.45, 2.75) is 32.6 Å². The van der Waals surface area contributed by atoms with E-state index in [-0.39, 0.29) is 11.6 Å². The highest BCUT2D eigenvalue weighted by Gasteiger charge is 2.19. The van der Waals surface area contributed by atoms with Gasteiger partial charge in [0.2, 0.25) is 0 Å². The zero-order chi connectivity index (χ0) is 14.1. The van der Waals surface area contributed by atoms with Crippen LogP contribution in [0, 0.1) is 5.82 Å². The predicted molar refractivity (Wildman–Crippen MR) is 79.1 cm³/mol. The third kappa shape index (κ3) is 2.09. The van der Waals surface area contributed by atoms with Crippen LogP contribution in [0.3, 0.4) is 0 Å². The van der Waals surface area contributed by atoms with Gasteiger partial charge in [0.25, 0.3) is 0 Å². The molecule has 1 aromatic carbocycles. The van der Waals surface area contributed by atoms with E-state index < -0.39 is 0 Å². The van der Waals surface area contributed by atoms with Crippen LogP contribution in [0.5, 0.6) is 5.75 Å². The van der Waals surface area contributed by atoms with Crippen molar-refractivity contribution in [3.05, 3.63) is 29.2 Å². The molecule has 1 aliphatic carbocycles. The van der Waals surface area contributed by atoms with Gasteiger partial charge in [-0.2, -0.15) is 0 Å². The number of ether oxygens (including phenoxy) is 1. The topological polar surface area (TPSA) is 34.2 Å². The second-order valence-electron chi connectivity index (χ2n) is 5.15. The van der Waals surface area contributed by atoms with Crippen LogP contribution in [0.25, 0.3) is 10.9 Å². The molecular weight excluding hydrogens is 255 g/mol. The Balaban J connectivity index is 2.30. The van der Waals surface area contributed by atoms with Crippen LogP contribution in [0.1, 0.15) is 31.0 Å². The number of anilines is 1. The smallest absolute Gasteiger partial charge is 0.167 e. The number of methoxy groups -OCH3 is 1. The molecule has 0 spiro atoms. The number of pyridine rings is 1. The minimum atomic E-state index is -0.356. The van der Waals surface area contributed by atoms with E-state index in [1.54, 1.807) is 6.07 Å². The summed E-state index contributed by atoms with van der Waals surface area (Å²) in [5.74, 6) is -0.0834. The van der Waals surface area contributed by atoms with Crippen molar-refractivity contribution in [3.63, 3.8) is 0 Å². The Kier molecular flexibility index (Phi) is 3.47. The molecular formula is C16H19FN2O. The molecule has 0 saturated heterocycles. The summed E-state index contributed by atoms with van der Waals surface area (Å²) in [5, 5.41) is 4.38. The van der Waals surface area contributed by atoms with Gasteiger partial charge >= 0.3 is 0 Å². The average molecular weight is 274 g/mol. The number of fused-ring (bicyclic) bond motifs is 2. The second-order valence-corrected chi connectivity index (χ2v) is 5.15. The van der Waals surface area contributed by atoms with Gasteiger partial charge in [0.05, 0.1) is 12.6 Å². The zero-order valence-corrected chi connectivity index (χ0v) is 11.9. The van der Waals surface area contributed by atoms with Crippen molar-refractivity contribution in [1.82, 2.24) is 4.98 Å². The number of rotatable bonds is 3. The largest absolute Gasteiger partial charge is 0.494 e. The monoisotopic (exact) mass is 274 g/mol. The summed E-state index contributed by atoms with van der Waals surface area (Å²) in [7, 11) is 1.49. The van der Waals surface area contributed by atoms with Crippen LogP contribution in [-0.2, 0) is 12.8 Å². The SMILES string of the molecule is CCNc1c2c(nc3cc(F)c(OC)cc13)CCCC2. The van der Waals surface area contributed by atoms with E-state index in [0.29, 0.717) is 5.52 Å². The molecule has 2 aromatic rings. The van der Waals surface area contributed by atoms with Gasteiger partial charge in [0, 0.05) is 29.4 Å². The molecule has 0 saturated carbocycles. The molecule has 20 heavy (non-hydrogen) atoms. The molecule has 1 aromatic heterocycles. The Bertz CT molecular complexity index is 655. The molecule has 0 unspecified atom stereocenters. The maximum Gasteiger partial charge on any atom is 0.167 e. The third-order valence-electron chi connectivity index (χ3n) is 3.89. The number of nitrogens with one attached hydrogen (secondary N) is 1. The highest BCUT2D eigenvalue weighted by atomic mass is 19.1. The van der Waals surface area contributed by atoms with Gasteiger partial charge in [-0.05, 0) is 44.2 Å². The van der Waals surface area contributed by atoms with Gasteiger partial charge in [0.15, 0.2) is 11.6 Å². The number of aryl methyl sites for hydroxylation is 1. The fourth-order valence-electron chi connectivity index (χ4n) is 2.96. The summed E-state index contributed by atoms with van der Waals surface area (Å²) < 4.78 is 19.0. The summed E-state index contributed by atoms with van der Waals surface area (Å²) >= 11 is 0. The Morgan fingerprint density at radius 3 is 2.85 bits per heavy atom. The van der Waals surface area contributed by atoms with E-state index >= 15 is 0 Å². The minimum Gasteiger partial charge on any atom is -0.494 e. The second kappa shape index (κ2) is 5.27. The van der Waals surface area contributed by atoms with Gasteiger partial charge in [-0.15, -0.1) is 0 Å². The van der Waals surface area contributed by atoms with E-state index in [2.05, 4.69) is 17.2 Å². The van der Waals surface area contributed by atoms with Gasteiger partial charge in [0.1, 0.15) is 0 Å². The average Bonchev–Trinajstić information content (AvgIpc) is 2.46. The molecule has 0 bridgehead atoms. The minimum absolute atomic E-state index is 0.272. The van der Waals surface area contributed by atoms with Crippen molar-refractivity contribution in [2.24, 2.45) is 0 Å². The van der Waals surface area contributed by atoms with E-state index in [1.807, 2.05) is 0 Å². The van der Waals surface area contributed by atoms with Gasteiger partial charge < -0.3 is 10.1 Å². The van der Waals surface area contributed by atoms with Crippen LogP contribution < -0.4 is 10.1 Å². The van der Waals surface area contributed by atoms with E-state index in [9.17, 15) is 4.39 Å². The molecule has 4 heteroatoms. The summed E-state index contributed by atoms with van der Waals surface area (Å²) in [6.07, 6.45) is 4.38. The molecule has 3 nitrogen and oxygen atoms in total. The Morgan fingerprint density at radius 1 is 1.30 bits per heavy atom. The quantitative estimate of drug-likeness (QED) is 0.926. The lowest BCUT2D eigenvalue weighted by Crippen LogP contribution is -2.11. The molecule has 1 heterocycles. The van der Waals surface area contributed by atoms with Crippen LogP contribution in [-0.4, -0.2) is 18.6 Å². The summed E-state index contributed by atoms with van der Waals surface area (Å²) in [5.41, 5.74) is 4.22. The van der Waals surface area contributed by atoms with Gasteiger partial charge in [-0.1, -0.05) is 0 Å². The fraction of sp³-hybridized carbons (Fsp3) is 0.438. The molecule has 0 fully saturated rings. The number of nitrogens with zero attached hydrogens (tertiary/aromatic N) is 1. The number of aromatic nitrogens is 1. The van der Waals surface area contributed by atoms with Crippen molar-refractivity contribution in [3.8, 4) is 5.75 Å². The zero-order valence-electron chi connectivity index (χ0n) is 11.9. The number of benzene rings is 1. The van der Waals surface area contributed by atoms with E-state index in [0.717, 1.165) is 42.6 Å². The first-order valence-electron chi connectivity index (χ1n) is 7.17. The lowest BCUT2D eigenvalue weighted by atomic mass is 9.92. The molecule has 0 amide bonds. The molecule has 0 aliphatic heterocycles. The van der Waals surface area contributed by atoms with Crippen molar-refractivity contribution in [2.75, 3.05) is 19.0 Å². The van der Waals surface area contributed by atoms with Gasteiger partial charge in [-0.25, -0.2) is 4.39 Å². The van der Waals surface area contributed by atoms with Crippen LogP contribution in [0.4, 0.5) is 10.1 Å². The maximum absolute atomic E-state index is 13.9. The highest BCUT2D eigenvalue weighted by molar-refractivity contribution is 5.94.